The van der Waals surface area contributed by atoms with Gasteiger partial charge in [-0.1, -0.05) is 13.0 Å². The zero-order chi connectivity index (χ0) is 9.97. The van der Waals surface area contributed by atoms with Crippen LogP contribution in [0.2, 0.25) is 0 Å². The lowest BCUT2D eigenvalue weighted by Crippen LogP contribution is -1.90. The minimum atomic E-state index is 0.396. The third kappa shape index (κ3) is 1.31. The van der Waals surface area contributed by atoms with E-state index in [9.17, 15) is 4.79 Å². The smallest absolute Gasteiger partial charge is 0.126 e. The molecule has 0 aliphatic rings. The van der Waals surface area contributed by atoms with Crippen molar-refractivity contribution >= 4 is 11.8 Å². The van der Waals surface area contributed by atoms with Crippen LogP contribution >= 0.6 is 0 Å². The van der Waals surface area contributed by atoms with Crippen molar-refractivity contribution in [3.05, 3.63) is 35.9 Å². The van der Waals surface area contributed by atoms with Crippen LogP contribution in [-0.2, 0) is 17.6 Å². The molecule has 14 heavy (non-hydrogen) atoms. The van der Waals surface area contributed by atoms with Crippen LogP contribution in [0.1, 0.15) is 18.4 Å². The Morgan fingerprint density at radius 1 is 1.50 bits per heavy atom. The van der Waals surface area contributed by atoms with Gasteiger partial charge < -0.3 is 9.20 Å². The molecule has 0 saturated carbocycles. The number of carbonyl (C=O) groups excluding carboxylic acids is 1. The second-order valence-corrected chi connectivity index (χ2v) is 3.15. The molecule has 72 valence electrons. The van der Waals surface area contributed by atoms with E-state index in [1.165, 1.54) is 0 Å². The van der Waals surface area contributed by atoms with Gasteiger partial charge in [-0.2, -0.15) is 0 Å². The standard InChI is InChI=1S/C11H12N2O/c1-2-11-12-9(6-8-14)10-5-3-4-7-13(10)11/h3-5,7-8H,2,6H2,1H3. The first-order valence-corrected chi connectivity index (χ1v) is 4.75. The lowest BCUT2D eigenvalue weighted by atomic mass is 10.3. The molecule has 0 saturated heterocycles. The van der Waals surface area contributed by atoms with Gasteiger partial charge in [0.15, 0.2) is 0 Å². The van der Waals surface area contributed by atoms with Crippen LogP contribution < -0.4 is 0 Å². The molecular formula is C11H12N2O. The zero-order valence-corrected chi connectivity index (χ0v) is 8.10. The fourth-order valence-electron chi connectivity index (χ4n) is 1.65. The minimum absolute atomic E-state index is 0.396. The molecule has 3 nitrogen and oxygen atoms in total. The summed E-state index contributed by atoms with van der Waals surface area (Å²) in [7, 11) is 0. The number of aldehydes is 1. The van der Waals surface area contributed by atoms with Crippen molar-refractivity contribution in [3.8, 4) is 0 Å². The first-order valence-electron chi connectivity index (χ1n) is 4.75. The molecule has 0 atom stereocenters. The Kier molecular flexibility index (Phi) is 2.31. The van der Waals surface area contributed by atoms with Crippen LogP contribution in [0, 0.1) is 0 Å². The van der Waals surface area contributed by atoms with E-state index in [1.54, 1.807) is 0 Å². The highest BCUT2D eigenvalue weighted by Gasteiger charge is 2.07. The Balaban J connectivity index is 2.66. The summed E-state index contributed by atoms with van der Waals surface area (Å²) in [6.07, 6.45) is 4.15. The Labute approximate surface area is 82.4 Å². The summed E-state index contributed by atoms with van der Waals surface area (Å²) in [5.74, 6) is 1.01. The number of nitrogens with zero attached hydrogens (tertiary/aromatic N) is 2. The van der Waals surface area contributed by atoms with E-state index in [0.29, 0.717) is 6.42 Å². The predicted molar refractivity (Wildman–Crippen MR) is 54.3 cm³/mol. The van der Waals surface area contributed by atoms with Crippen molar-refractivity contribution in [1.29, 1.82) is 0 Å². The van der Waals surface area contributed by atoms with Gasteiger partial charge in [0.1, 0.15) is 12.1 Å². The van der Waals surface area contributed by atoms with Crippen molar-refractivity contribution in [2.75, 3.05) is 0 Å². The number of aryl methyl sites for hydroxylation is 1. The van der Waals surface area contributed by atoms with Crippen LogP contribution in [0.3, 0.4) is 0 Å². The molecule has 0 aliphatic carbocycles. The Hall–Kier alpha value is -1.64. The van der Waals surface area contributed by atoms with Crippen molar-refractivity contribution in [2.45, 2.75) is 19.8 Å². The Morgan fingerprint density at radius 3 is 3.07 bits per heavy atom. The van der Waals surface area contributed by atoms with E-state index in [1.807, 2.05) is 28.8 Å². The molecule has 0 aliphatic heterocycles. The number of aromatic nitrogens is 2. The average Bonchev–Trinajstić information content (AvgIpc) is 2.58. The summed E-state index contributed by atoms with van der Waals surface area (Å²) >= 11 is 0. The van der Waals surface area contributed by atoms with Crippen molar-refractivity contribution < 1.29 is 4.79 Å². The molecule has 0 bridgehead atoms. The molecule has 0 spiro atoms. The second kappa shape index (κ2) is 3.62. The van der Waals surface area contributed by atoms with Crippen molar-refractivity contribution in [3.63, 3.8) is 0 Å². The molecule has 2 aromatic heterocycles. The summed E-state index contributed by atoms with van der Waals surface area (Å²) in [6.45, 7) is 2.06. The lowest BCUT2D eigenvalue weighted by Gasteiger charge is -1.95. The molecule has 0 N–H and O–H groups in total. The molecule has 2 rings (SSSR count). The van der Waals surface area contributed by atoms with Gasteiger partial charge in [0, 0.05) is 19.0 Å². The number of fused-ring (bicyclic) bond motifs is 1. The van der Waals surface area contributed by atoms with E-state index < -0.39 is 0 Å². The van der Waals surface area contributed by atoms with Crippen molar-refractivity contribution in [1.82, 2.24) is 9.38 Å². The molecular weight excluding hydrogens is 176 g/mol. The van der Waals surface area contributed by atoms with E-state index in [2.05, 4.69) is 11.9 Å². The molecule has 0 unspecified atom stereocenters. The monoisotopic (exact) mass is 188 g/mol. The van der Waals surface area contributed by atoms with Gasteiger partial charge in [0.05, 0.1) is 11.2 Å². The van der Waals surface area contributed by atoms with Gasteiger partial charge in [-0.05, 0) is 12.1 Å². The fourth-order valence-corrected chi connectivity index (χ4v) is 1.65. The van der Waals surface area contributed by atoms with Crippen LogP contribution in [0.25, 0.3) is 5.52 Å². The molecule has 0 radical (unpaired) electrons. The minimum Gasteiger partial charge on any atom is -0.303 e. The van der Waals surface area contributed by atoms with Crippen LogP contribution in [0.4, 0.5) is 0 Å². The van der Waals surface area contributed by atoms with E-state index >= 15 is 0 Å². The number of carbonyl (C=O) groups is 1. The number of imidazole rings is 1. The molecule has 2 aromatic rings. The van der Waals surface area contributed by atoms with E-state index in [0.717, 1.165) is 29.7 Å². The van der Waals surface area contributed by atoms with Crippen LogP contribution in [-0.4, -0.2) is 15.7 Å². The SMILES string of the molecule is CCc1nc(CC=O)c2ccccn12. The van der Waals surface area contributed by atoms with E-state index in [-0.39, 0.29) is 0 Å². The van der Waals surface area contributed by atoms with Crippen LogP contribution in [0.15, 0.2) is 24.4 Å². The highest BCUT2D eigenvalue weighted by atomic mass is 16.1. The number of pyridine rings is 1. The Morgan fingerprint density at radius 2 is 2.36 bits per heavy atom. The van der Waals surface area contributed by atoms with Gasteiger partial charge in [-0.15, -0.1) is 0 Å². The predicted octanol–water partition coefficient (Wildman–Crippen LogP) is 1.64. The van der Waals surface area contributed by atoms with Gasteiger partial charge in [-0.3, -0.25) is 0 Å². The van der Waals surface area contributed by atoms with Crippen LogP contribution in [0.5, 0.6) is 0 Å². The van der Waals surface area contributed by atoms with Gasteiger partial charge >= 0.3 is 0 Å². The zero-order valence-electron chi connectivity index (χ0n) is 8.10. The summed E-state index contributed by atoms with van der Waals surface area (Å²) in [4.78, 5) is 14.9. The summed E-state index contributed by atoms with van der Waals surface area (Å²) in [5, 5.41) is 0. The average molecular weight is 188 g/mol. The number of rotatable bonds is 3. The lowest BCUT2D eigenvalue weighted by molar-refractivity contribution is -0.107. The molecule has 3 heteroatoms. The Bertz CT molecular complexity index is 459. The molecule has 2 heterocycles. The quantitative estimate of drug-likeness (QED) is 0.686. The topological polar surface area (TPSA) is 34.4 Å². The molecule has 0 aromatic carbocycles. The normalized spacial score (nSPS) is 10.6. The largest absolute Gasteiger partial charge is 0.303 e. The van der Waals surface area contributed by atoms with Gasteiger partial charge in [-0.25, -0.2) is 4.98 Å². The third-order valence-corrected chi connectivity index (χ3v) is 2.29. The molecule has 0 fully saturated rings. The number of hydrogen-bond donors (Lipinski definition) is 0. The first kappa shape index (κ1) is 8.94. The summed E-state index contributed by atoms with van der Waals surface area (Å²) in [6, 6.07) is 5.92. The third-order valence-electron chi connectivity index (χ3n) is 2.29. The molecule has 0 amide bonds. The van der Waals surface area contributed by atoms with Gasteiger partial charge in [0.25, 0.3) is 0 Å². The maximum absolute atomic E-state index is 10.5. The maximum Gasteiger partial charge on any atom is 0.126 e. The number of hydrogen-bond acceptors (Lipinski definition) is 2. The highest BCUT2D eigenvalue weighted by molar-refractivity contribution is 5.63. The summed E-state index contributed by atoms with van der Waals surface area (Å²) in [5.41, 5.74) is 1.91. The van der Waals surface area contributed by atoms with E-state index in [4.69, 9.17) is 0 Å². The van der Waals surface area contributed by atoms with Gasteiger partial charge in [0.2, 0.25) is 0 Å². The fraction of sp³-hybridized carbons (Fsp3) is 0.273. The van der Waals surface area contributed by atoms with Crippen molar-refractivity contribution in [2.24, 2.45) is 0 Å². The second-order valence-electron chi connectivity index (χ2n) is 3.15. The maximum atomic E-state index is 10.5. The summed E-state index contributed by atoms with van der Waals surface area (Å²) < 4.78 is 2.04. The highest BCUT2D eigenvalue weighted by Crippen LogP contribution is 2.13. The first-order chi connectivity index (χ1) is 6.86.